The van der Waals surface area contributed by atoms with Crippen LogP contribution in [0.5, 0.6) is 0 Å². The number of hydrogen-bond acceptors (Lipinski definition) is 3. The van der Waals surface area contributed by atoms with Crippen LogP contribution in [0.3, 0.4) is 0 Å². The monoisotopic (exact) mass is 252 g/mol. The molecule has 2 N–H and O–H groups in total. The number of nitrogens with zero attached hydrogens (tertiary/aromatic N) is 1. The van der Waals surface area contributed by atoms with Gasteiger partial charge in [0, 0.05) is 13.1 Å². The largest absolute Gasteiger partial charge is 0.392 e. The standard InChI is InChI=1S/C16H16N2O/c17-9-13-4-6-14(7-5-13)10-18-11-15-2-1-3-16(8-15)12-19/h1-8,18-19H,10-12H2. The molecule has 2 aromatic rings. The molecule has 96 valence electrons. The van der Waals surface area contributed by atoms with Gasteiger partial charge >= 0.3 is 0 Å². The molecule has 2 aromatic carbocycles. The summed E-state index contributed by atoms with van der Waals surface area (Å²) in [6.45, 7) is 1.59. The van der Waals surface area contributed by atoms with Gasteiger partial charge in [-0.15, -0.1) is 0 Å². The van der Waals surface area contributed by atoms with E-state index in [2.05, 4.69) is 11.4 Å². The molecule has 0 bridgehead atoms. The van der Waals surface area contributed by atoms with Gasteiger partial charge in [0.25, 0.3) is 0 Å². The Morgan fingerprint density at radius 1 is 0.947 bits per heavy atom. The van der Waals surface area contributed by atoms with Crippen LogP contribution in [0.15, 0.2) is 48.5 Å². The van der Waals surface area contributed by atoms with Gasteiger partial charge in [-0.1, -0.05) is 36.4 Å². The minimum Gasteiger partial charge on any atom is -0.392 e. The number of hydrogen-bond donors (Lipinski definition) is 2. The van der Waals surface area contributed by atoms with Gasteiger partial charge in [-0.3, -0.25) is 0 Å². The molecule has 3 heteroatoms. The maximum Gasteiger partial charge on any atom is 0.0991 e. The lowest BCUT2D eigenvalue weighted by Gasteiger charge is -2.06. The van der Waals surface area contributed by atoms with Crippen LogP contribution in [-0.4, -0.2) is 5.11 Å². The summed E-state index contributed by atoms with van der Waals surface area (Å²) in [6.07, 6.45) is 0. The molecule has 0 saturated heterocycles. The van der Waals surface area contributed by atoms with Crippen molar-refractivity contribution >= 4 is 0 Å². The molecule has 0 fully saturated rings. The van der Waals surface area contributed by atoms with Crippen LogP contribution in [0.25, 0.3) is 0 Å². The van der Waals surface area contributed by atoms with Crippen molar-refractivity contribution < 1.29 is 5.11 Å². The van der Waals surface area contributed by atoms with Crippen LogP contribution in [0, 0.1) is 11.3 Å². The quantitative estimate of drug-likeness (QED) is 0.858. The van der Waals surface area contributed by atoms with Crippen LogP contribution in [0.4, 0.5) is 0 Å². The van der Waals surface area contributed by atoms with Gasteiger partial charge in [0.2, 0.25) is 0 Å². The van der Waals surface area contributed by atoms with E-state index in [-0.39, 0.29) is 6.61 Å². The zero-order valence-corrected chi connectivity index (χ0v) is 10.6. The average molecular weight is 252 g/mol. The number of rotatable bonds is 5. The number of nitrogens with one attached hydrogen (secondary N) is 1. The lowest BCUT2D eigenvalue weighted by molar-refractivity contribution is 0.281. The summed E-state index contributed by atoms with van der Waals surface area (Å²) in [5.74, 6) is 0. The van der Waals surface area contributed by atoms with Crippen molar-refractivity contribution in [2.24, 2.45) is 0 Å². The fraction of sp³-hybridized carbons (Fsp3) is 0.188. The number of aliphatic hydroxyl groups is 1. The van der Waals surface area contributed by atoms with Crippen molar-refractivity contribution in [3.05, 3.63) is 70.8 Å². The Kier molecular flexibility index (Phi) is 4.68. The summed E-state index contributed by atoms with van der Waals surface area (Å²) in [7, 11) is 0. The van der Waals surface area contributed by atoms with Crippen molar-refractivity contribution in [2.45, 2.75) is 19.7 Å². The van der Waals surface area contributed by atoms with Crippen LogP contribution in [-0.2, 0) is 19.7 Å². The summed E-state index contributed by atoms with van der Waals surface area (Å²) >= 11 is 0. The molecule has 0 aliphatic carbocycles. The topological polar surface area (TPSA) is 56.0 Å². The third-order valence-electron chi connectivity index (χ3n) is 2.92. The van der Waals surface area contributed by atoms with E-state index in [1.165, 1.54) is 0 Å². The van der Waals surface area contributed by atoms with E-state index in [9.17, 15) is 0 Å². The molecule has 0 heterocycles. The van der Waals surface area contributed by atoms with E-state index in [0.717, 1.165) is 29.8 Å². The molecule has 0 aromatic heterocycles. The van der Waals surface area contributed by atoms with E-state index >= 15 is 0 Å². The highest BCUT2D eigenvalue weighted by Gasteiger charge is 1.97. The summed E-state index contributed by atoms with van der Waals surface area (Å²) in [4.78, 5) is 0. The first-order chi connectivity index (χ1) is 9.31. The average Bonchev–Trinajstić information content (AvgIpc) is 2.48. The fourth-order valence-electron chi connectivity index (χ4n) is 1.89. The van der Waals surface area contributed by atoms with E-state index < -0.39 is 0 Å². The molecular formula is C16H16N2O. The number of aliphatic hydroxyl groups excluding tert-OH is 1. The summed E-state index contributed by atoms with van der Waals surface area (Å²) in [5.41, 5.74) is 3.91. The zero-order chi connectivity index (χ0) is 13.5. The summed E-state index contributed by atoms with van der Waals surface area (Å²) < 4.78 is 0. The Morgan fingerprint density at radius 2 is 1.63 bits per heavy atom. The van der Waals surface area contributed by atoms with E-state index in [0.29, 0.717) is 5.56 Å². The second kappa shape index (κ2) is 6.69. The SMILES string of the molecule is N#Cc1ccc(CNCc2cccc(CO)c2)cc1. The minimum atomic E-state index is 0.0729. The third-order valence-corrected chi connectivity index (χ3v) is 2.92. The molecule has 0 aliphatic rings. The van der Waals surface area contributed by atoms with Crippen LogP contribution >= 0.6 is 0 Å². The Morgan fingerprint density at radius 3 is 2.32 bits per heavy atom. The van der Waals surface area contributed by atoms with Crippen molar-refractivity contribution in [1.29, 1.82) is 5.26 Å². The van der Waals surface area contributed by atoms with Gasteiger partial charge in [0.05, 0.1) is 18.2 Å². The van der Waals surface area contributed by atoms with Crippen molar-refractivity contribution in [3.63, 3.8) is 0 Å². The highest BCUT2D eigenvalue weighted by atomic mass is 16.3. The van der Waals surface area contributed by atoms with Gasteiger partial charge < -0.3 is 10.4 Å². The highest BCUT2D eigenvalue weighted by molar-refractivity contribution is 5.31. The molecule has 0 aliphatic heterocycles. The molecule has 0 unspecified atom stereocenters. The van der Waals surface area contributed by atoms with E-state index in [4.69, 9.17) is 10.4 Å². The Labute approximate surface area is 113 Å². The Balaban J connectivity index is 1.87. The van der Waals surface area contributed by atoms with E-state index in [1.54, 1.807) is 0 Å². The van der Waals surface area contributed by atoms with Crippen LogP contribution in [0.1, 0.15) is 22.3 Å². The van der Waals surface area contributed by atoms with E-state index in [1.807, 2.05) is 48.5 Å². The first-order valence-electron chi connectivity index (χ1n) is 6.20. The fourth-order valence-corrected chi connectivity index (χ4v) is 1.89. The second-order valence-electron chi connectivity index (χ2n) is 4.39. The first kappa shape index (κ1) is 13.3. The van der Waals surface area contributed by atoms with Gasteiger partial charge in [0.15, 0.2) is 0 Å². The summed E-state index contributed by atoms with van der Waals surface area (Å²) in [5, 5.41) is 21.1. The zero-order valence-electron chi connectivity index (χ0n) is 10.6. The van der Waals surface area contributed by atoms with Crippen molar-refractivity contribution in [2.75, 3.05) is 0 Å². The van der Waals surface area contributed by atoms with Crippen LogP contribution < -0.4 is 5.32 Å². The lowest BCUT2D eigenvalue weighted by Crippen LogP contribution is -2.12. The molecule has 0 amide bonds. The minimum absolute atomic E-state index is 0.0729. The Bertz CT molecular complexity index is 570. The van der Waals surface area contributed by atoms with Crippen molar-refractivity contribution in [3.8, 4) is 6.07 Å². The van der Waals surface area contributed by atoms with Crippen molar-refractivity contribution in [1.82, 2.24) is 5.32 Å². The molecule has 0 saturated carbocycles. The number of benzene rings is 2. The molecule has 3 nitrogen and oxygen atoms in total. The molecular weight excluding hydrogens is 236 g/mol. The molecule has 2 rings (SSSR count). The Hall–Kier alpha value is -2.15. The predicted molar refractivity (Wildman–Crippen MR) is 74.1 cm³/mol. The van der Waals surface area contributed by atoms with Gasteiger partial charge in [-0.2, -0.15) is 5.26 Å². The normalized spacial score (nSPS) is 10.1. The molecule has 0 atom stereocenters. The van der Waals surface area contributed by atoms with Gasteiger partial charge in [-0.25, -0.2) is 0 Å². The van der Waals surface area contributed by atoms with Gasteiger partial charge in [-0.05, 0) is 28.8 Å². The first-order valence-corrected chi connectivity index (χ1v) is 6.20. The maximum atomic E-state index is 9.07. The number of nitriles is 1. The molecule has 0 radical (unpaired) electrons. The highest BCUT2D eigenvalue weighted by Crippen LogP contribution is 2.06. The smallest absolute Gasteiger partial charge is 0.0991 e. The predicted octanol–water partition coefficient (Wildman–Crippen LogP) is 2.34. The van der Waals surface area contributed by atoms with Crippen LogP contribution in [0.2, 0.25) is 0 Å². The molecule has 19 heavy (non-hydrogen) atoms. The second-order valence-corrected chi connectivity index (χ2v) is 4.39. The lowest BCUT2D eigenvalue weighted by atomic mass is 10.1. The maximum absolute atomic E-state index is 9.07. The molecule has 0 spiro atoms. The summed E-state index contributed by atoms with van der Waals surface area (Å²) in [6, 6.07) is 17.5. The third kappa shape index (κ3) is 3.92. The van der Waals surface area contributed by atoms with Gasteiger partial charge in [0.1, 0.15) is 0 Å².